The molecule has 0 unspecified atom stereocenters. The van der Waals surface area contributed by atoms with Gasteiger partial charge in [-0.2, -0.15) is 0 Å². The van der Waals surface area contributed by atoms with Crippen LogP contribution in [0.5, 0.6) is 0 Å². The predicted octanol–water partition coefficient (Wildman–Crippen LogP) is 2.37. The van der Waals surface area contributed by atoms with E-state index in [4.69, 9.17) is 10.5 Å². The molecule has 1 saturated heterocycles. The van der Waals surface area contributed by atoms with Crippen molar-refractivity contribution in [1.29, 1.82) is 0 Å². The fraction of sp³-hybridized carbons (Fsp3) is 0.429. The molecule has 152 valence electrons. The number of amidine groups is 1. The van der Waals surface area contributed by atoms with Gasteiger partial charge in [-0.1, -0.05) is 12.1 Å². The lowest BCUT2D eigenvalue weighted by molar-refractivity contribution is 0.102. The highest BCUT2D eigenvalue weighted by Gasteiger charge is 2.17. The highest BCUT2D eigenvalue weighted by Crippen LogP contribution is 2.17. The summed E-state index contributed by atoms with van der Waals surface area (Å²) < 4.78 is 5.17. The fourth-order valence-electron chi connectivity index (χ4n) is 3.57. The van der Waals surface area contributed by atoms with Gasteiger partial charge >= 0.3 is 0 Å². The number of carbonyl (C=O) groups is 1. The first-order valence-electron chi connectivity index (χ1n) is 10.1. The number of amides is 1. The Balaban J connectivity index is 1.29. The Labute approximate surface area is 170 Å². The fourth-order valence-corrected chi connectivity index (χ4v) is 3.57. The third kappa shape index (κ3) is 5.01. The molecule has 8 nitrogen and oxygen atoms in total. The number of benzene rings is 1. The van der Waals surface area contributed by atoms with Crippen LogP contribution >= 0.6 is 0 Å². The van der Waals surface area contributed by atoms with E-state index < -0.39 is 0 Å². The average molecular weight is 394 g/mol. The van der Waals surface area contributed by atoms with Gasteiger partial charge in [0, 0.05) is 31.2 Å². The van der Waals surface area contributed by atoms with Crippen molar-refractivity contribution < 1.29 is 9.53 Å². The molecule has 0 aliphatic carbocycles. The van der Waals surface area contributed by atoms with Crippen LogP contribution in [0.4, 0.5) is 11.6 Å². The van der Waals surface area contributed by atoms with Gasteiger partial charge in [-0.25, -0.2) is 15.0 Å². The Bertz CT molecular complexity index is 860. The third-order valence-corrected chi connectivity index (χ3v) is 5.25. The molecule has 2 aromatic rings. The van der Waals surface area contributed by atoms with Gasteiger partial charge in [0.25, 0.3) is 11.9 Å². The number of nitrogens with one attached hydrogen (secondary N) is 1. The summed E-state index contributed by atoms with van der Waals surface area (Å²) >= 11 is 0. The maximum absolute atomic E-state index is 12.5. The number of nitrogens with zero attached hydrogens (tertiary/aromatic N) is 4. The molecule has 1 aromatic heterocycles. The molecular weight excluding hydrogens is 368 g/mol. The first-order valence-corrected chi connectivity index (χ1v) is 10.1. The average Bonchev–Trinajstić information content (AvgIpc) is 3.19. The van der Waals surface area contributed by atoms with Crippen molar-refractivity contribution in [2.75, 3.05) is 29.9 Å². The molecule has 3 heterocycles. The summed E-state index contributed by atoms with van der Waals surface area (Å²) in [5.74, 6) is 0.486. The molecule has 1 fully saturated rings. The standard InChI is InChI=1S/C21H26N6O2/c22-20-26-18(14-29-20)9-6-15-4-7-17(8-5-15)25-19(28)16-12-23-21(24-13-16)27-10-2-1-3-11-27/h4-5,7-8,12-13,18H,1-3,6,9-11,14H2,(H2,22,26)(H,25,28)/t18-/m0/s1. The quantitative estimate of drug-likeness (QED) is 0.779. The van der Waals surface area contributed by atoms with E-state index in [9.17, 15) is 4.79 Å². The van der Waals surface area contributed by atoms with E-state index in [1.54, 1.807) is 12.4 Å². The maximum Gasteiger partial charge on any atom is 0.282 e. The zero-order chi connectivity index (χ0) is 20.1. The number of piperidine rings is 1. The highest BCUT2D eigenvalue weighted by atomic mass is 16.5. The largest absolute Gasteiger partial charge is 0.463 e. The maximum atomic E-state index is 12.5. The Morgan fingerprint density at radius 1 is 1.14 bits per heavy atom. The Kier molecular flexibility index (Phi) is 5.88. The summed E-state index contributed by atoms with van der Waals surface area (Å²) in [6.45, 7) is 2.51. The minimum absolute atomic E-state index is 0.127. The third-order valence-electron chi connectivity index (χ3n) is 5.25. The van der Waals surface area contributed by atoms with Crippen LogP contribution in [0.1, 0.15) is 41.6 Å². The highest BCUT2D eigenvalue weighted by molar-refractivity contribution is 6.03. The number of carbonyl (C=O) groups excluding carboxylic acids is 1. The van der Waals surface area contributed by atoms with E-state index in [1.165, 1.54) is 12.0 Å². The van der Waals surface area contributed by atoms with Gasteiger partial charge < -0.3 is 20.7 Å². The molecule has 0 radical (unpaired) electrons. The summed E-state index contributed by atoms with van der Waals surface area (Å²) in [5.41, 5.74) is 7.90. The topological polar surface area (TPSA) is 106 Å². The number of hydrogen-bond donors (Lipinski definition) is 2. The molecule has 8 heteroatoms. The number of hydrogen-bond acceptors (Lipinski definition) is 7. The van der Waals surface area contributed by atoms with E-state index in [0.717, 1.165) is 44.5 Å². The van der Waals surface area contributed by atoms with Crippen molar-refractivity contribution in [1.82, 2.24) is 9.97 Å². The van der Waals surface area contributed by atoms with Gasteiger partial charge in [-0.05, 0) is 49.8 Å². The first-order chi connectivity index (χ1) is 14.2. The van der Waals surface area contributed by atoms with Crippen molar-refractivity contribution in [3.8, 4) is 0 Å². The predicted molar refractivity (Wildman–Crippen MR) is 112 cm³/mol. The summed E-state index contributed by atoms with van der Waals surface area (Å²) in [7, 11) is 0. The second kappa shape index (κ2) is 8.89. The lowest BCUT2D eigenvalue weighted by Gasteiger charge is -2.26. The molecule has 0 spiro atoms. The molecule has 2 aliphatic heterocycles. The van der Waals surface area contributed by atoms with Crippen LogP contribution in [0, 0.1) is 0 Å². The SMILES string of the molecule is NC1=N[C@@H](CCc2ccc(NC(=O)c3cnc(N4CCCCC4)nc3)cc2)CO1. The van der Waals surface area contributed by atoms with E-state index >= 15 is 0 Å². The first kappa shape index (κ1) is 19.2. The van der Waals surface area contributed by atoms with Crippen molar-refractivity contribution in [2.24, 2.45) is 10.7 Å². The molecular formula is C21H26N6O2. The van der Waals surface area contributed by atoms with E-state index in [-0.39, 0.29) is 18.0 Å². The molecule has 1 aromatic carbocycles. The number of aliphatic imine (C=N–C) groups is 1. The monoisotopic (exact) mass is 394 g/mol. The smallest absolute Gasteiger partial charge is 0.282 e. The Hall–Kier alpha value is -3.16. The number of nitrogens with two attached hydrogens (primary N) is 1. The van der Waals surface area contributed by atoms with Gasteiger partial charge in [-0.15, -0.1) is 0 Å². The summed E-state index contributed by atoms with van der Waals surface area (Å²) in [4.78, 5) is 27.6. The lowest BCUT2D eigenvalue weighted by Crippen LogP contribution is -2.31. The van der Waals surface area contributed by atoms with Gasteiger partial charge in [0.05, 0.1) is 11.6 Å². The minimum atomic E-state index is -0.212. The second-order valence-corrected chi connectivity index (χ2v) is 7.44. The van der Waals surface area contributed by atoms with Crippen LogP contribution < -0.4 is 16.0 Å². The number of aryl methyl sites for hydroxylation is 1. The molecule has 29 heavy (non-hydrogen) atoms. The molecule has 3 N–H and O–H groups in total. The van der Waals surface area contributed by atoms with Gasteiger partial charge in [-0.3, -0.25) is 4.79 Å². The van der Waals surface area contributed by atoms with Crippen LogP contribution in [-0.4, -0.2) is 47.6 Å². The van der Waals surface area contributed by atoms with Crippen LogP contribution in [-0.2, 0) is 11.2 Å². The Morgan fingerprint density at radius 3 is 2.52 bits per heavy atom. The number of aromatic nitrogens is 2. The molecule has 0 bridgehead atoms. The van der Waals surface area contributed by atoms with Crippen LogP contribution in [0.15, 0.2) is 41.7 Å². The molecule has 0 saturated carbocycles. The number of rotatable bonds is 6. The normalized spacial score (nSPS) is 18.8. The van der Waals surface area contributed by atoms with E-state index in [0.29, 0.717) is 18.1 Å². The second-order valence-electron chi connectivity index (χ2n) is 7.44. The molecule has 4 rings (SSSR count). The van der Waals surface area contributed by atoms with Gasteiger partial charge in [0.15, 0.2) is 0 Å². The summed E-state index contributed by atoms with van der Waals surface area (Å²) in [6.07, 6.45) is 8.53. The van der Waals surface area contributed by atoms with Crippen LogP contribution in [0.3, 0.4) is 0 Å². The van der Waals surface area contributed by atoms with Crippen molar-refractivity contribution in [2.45, 2.75) is 38.1 Å². The Morgan fingerprint density at radius 2 is 1.86 bits per heavy atom. The zero-order valence-corrected chi connectivity index (χ0v) is 16.4. The van der Waals surface area contributed by atoms with Crippen LogP contribution in [0.2, 0.25) is 0 Å². The molecule has 1 atom stereocenters. The number of anilines is 2. The number of ether oxygens (including phenoxy) is 1. The van der Waals surface area contributed by atoms with E-state index in [1.807, 2.05) is 24.3 Å². The zero-order valence-electron chi connectivity index (χ0n) is 16.4. The van der Waals surface area contributed by atoms with Crippen molar-refractivity contribution in [3.63, 3.8) is 0 Å². The minimum Gasteiger partial charge on any atom is -0.463 e. The summed E-state index contributed by atoms with van der Waals surface area (Å²) in [6, 6.07) is 8.23. The van der Waals surface area contributed by atoms with Crippen molar-refractivity contribution in [3.05, 3.63) is 47.8 Å². The molecule has 1 amide bonds. The summed E-state index contributed by atoms with van der Waals surface area (Å²) in [5, 5.41) is 2.90. The van der Waals surface area contributed by atoms with Gasteiger partial charge in [0.2, 0.25) is 5.95 Å². The molecule has 2 aliphatic rings. The lowest BCUT2D eigenvalue weighted by atomic mass is 10.1. The van der Waals surface area contributed by atoms with E-state index in [2.05, 4.69) is 25.2 Å². The van der Waals surface area contributed by atoms with Crippen molar-refractivity contribution >= 4 is 23.6 Å². The van der Waals surface area contributed by atoms with Gasteiger partial charge in [0.1, 0.15) is 6.61 Å². The van der Waals surface area contributed by atoms with Crippen LogP contribution in [0.25, 0.3) is 0 Å².